The highest BCUT2D eigenvalue weighted by Crippen LogP contribution is 2.20. The molecule has 0 spiro atoms. The first-order valence-corrected chi connectivity index (χ1v) is 9.81. The van der Waals surface area contributed by atoms with Gasteiger partial charge in [0.1, 0.15) is 11.3 Å². The van der Waals surface area contributed by atoms with Crippen LogP contribution in [-0.4, -0.2) is 50.8 Å². The maximum atomic E-state index is 5.88. The standard InChI is InChI=1S/C21H31N3O2/c1-3-22-21(24(2)13-9-17-10-14-25-15-11-17)23-12-8-19-16-18-6-4-5-7-20(18)26-19/h4-7,16-17H,3,8-15H2,1-2H3,(H,22,23). The Morgan fingerprint density at radius 2 is 2.08 bits per heavy atom. The summed E-state index contributed by atoms with van der Waals surface area (Å²) in [6.07, 6.45) is 4.40. The van der Waals surface area contributed by atoms with Gasteiger partial charge in [-0.15, -0.1) is 0 Å². The van der Waals surface area contributed by atoms with Crippen molar-refractivity contribution in [1.82, 2.24) is 10.2 Å². The lowest BCUT2D eigenvalue weighted by Gasteiger charge is -2.26. The monoisotopic (exact) mass is 357 g/mol. The Bertz CT molecular complexity index is 671. The van der Waals surface area contributed by atoms with Crippen molar-refractivity contribution in [2.45, 2.75) is 32.6 Å². The van der Waals surface area contributed by atoms with Gasteiger partial charge in [0.25, 0.3) is 0 Å². The van der Waals surface area contributed by atoms with E-state index in [0.29, 0.717) is 0 Å². The molecule has 1 saturated heterocycles. The molecule has 26 heavy (non-hydrogen) atoms. The van der Waals surface area contributed by atoms with Crippen LogP contribution in [0.25, 0.3) is 11.0 Å². The number of nitrogens with one attached hydrogen (secondary N) is 1. The fraction of sp³-hybridized carbons (Fsp3) is 0.571. The minimum Gasteiger partial charge on any atom is -0.461 e. The van der Waals surface area contributed by atoms with Crippen molar-refractivity contribution in [3.63, 3.8) is 0 Å². The van der Waals surface area contributed by atoms with E-state index in [4.69, 9.17) is 14.1 Å². The molecule has 1 N–H and O–H groups in total. The van der Waals surface area contributed by atoms with Gasteiger partial charge < -0.3 is 19.4 Å². The molecule has 1 aromatic carbocycles. The van der Waals surface area contributed by atoms with Crippen LogP contribution >= 0.6 is 0 Å². The zero-order valence-corrected chi connectivity index (χ0v) is 16.0. The van der Waals surface area contributed by atoms with E-state index in [-0.39, 0.29) is 0 Å². The highest BCUT2D eigenvalue weighted by atomic mass is 16.5. The molecule has 0 bridgehead atoms. The van der Waals surface area contributed by atoms with Crippen molar-refractivity contribution < 1.29 is 9.15 Å². The third kappa shape index (κ3) is 5.24. The summed E-state index contributed by atoms with van der Waals surface area (Å²) in [5, 5.41) is 4.56. The number of nitrogens with zero attached hydrogens (tertiary/aromatic N) is 2. The molecular formula is C21H31N3O2. The number of fused-ring (bicyclic) bond motifs is 1. The van der Waals surface area contributed by atoms with E-state index in [0.717, 1.165) is 67.9 Å². The van der Waals surface area contributed by atoms with Crippen LogP contribution in [0, 0.1) is 5.92 Å². The lowest BCUT2D eigenvalue weighted by Crippen LogP contribution is -2.40. The fourth-order valence-corrected chi connectivity index (χ4v) is 3.42. The molecule has 1 aliphatic heterocycles. The maximum Gasteiger partial charge on any atom is 0.193 e. The van der Waals surface area contributed by atoms with E-state index in [2.05, 4.69) is 36.3 Å². The molecule has 1 aromatic heterocycles. The summed E-state index contributed by atoms with van der Waals surface area (Å²) in [7, 11) is 2.13. The SMILES string of the molecule is CCNC(=NCCc1cc2ccccc2o1)N(C)CCC1CCOCC1. The zero-order valence-electron chi connectivity index (χ0n) is 16.0. The zero-order chi connectivity index (χ0) is 18.2. The highest BCUT2D eigenvalue weighted by molar-refractivity contribution is 5.80. The number of hydrogen-bond acceptors (Lipinski definition) is 3. The topological polar surface area (TPSA) is 50.0 Å². The van der Waals surface area contributed by atoms with E-state index >= 15 is 0 Å². The molecule has 0 atom stereocenters. The second-order valence-electron chi connectivity index (χ2n) is 7.00. The molecular weight excluding hydrogens is 326 g/mol. The van der Waals surface area contributed by atoms with Crippen molar-refractivity contribution in [3.8, 4) is 0 Å². The summed E-state index contributed by atoms with van der Waals surface area (Å²) < 4.78 is 11.3. The van der Waals surface area contributed by atoms with Gasteiger partial charge in [-0.1, -0.05) is 18.2 Å². The van der Waals surface area contributed by atoms with Gasteiger partial charge in [-0.2, -0.15) is 0 Å². The lowest BCUT2D eigenvalue weighted by molar-refractivity contribution is 0.0625. The number of hydrogen-bond donors (Lipinski definition) is 1. The van der Waals surface area contributed by atoms with Crippen molar-refractivity contribution >= 4 is 16.9 Å². The lowest BCUT2D eigenvalue weighted by atomic mass is 9.96. The largest absolute Gasteiger partial charge is 0.461 e. The average Bonchev–Trinajstić information content (AvgIpc) is 3.09. The Hall–Kier alpha value is -2.01. The number of para-hydroxylation sites is 1. The molecule has 1 fully saturated rings. The summed E-state index contributed by atoms with van der Waals surface area (Å²) in [6.45, 7) is 6.58. The molecule has 5 nitrogen and oxygen atoms in total. The van der Waals surface area contributed by atoms with Crippen LogP contribution < -0.4 is 5.32 Å². The van der Waals surface area contributed by atoms with Crippen LogP contribution in [0.4, 0.5) is 0 Å². The van der Waals surface area contributed by atoms with Crippen LogP contribution in [0.15, 0.2) is 39.7 Å². The minimum absolute atomic E-state index is 0.726. The molecule has 0 unspecified atom stereocenters. The van der Waals surface area contributed by atoms with Crippen LogP contribution in [0.1, 0.15) is 31.9 Å². The van der Waals surface area contributed by atoms with E-state index in [9.17, 15) is 0 Å². The second-order valence-corrected chi connectivity index (χ2v) is 7.00. The molecule has 2 heterocycles. The van der Waals surface area contributed by atoms with Crippen molar-refractivity contribution in [1.29, 1.82) is 0 Å². The fourth-order valence-electron chi connectivity index (χ4n) is 3.42. The first kappa shape index (κ1) is 18.8. The molecule has 0 radical (unpaired) electrons. The van der Waals surface area contributed by atoms with Gasteiger partial charge in [-0.25, -0.2) is 0 Å². The number of guanidine groups is 1. The molecule has 2 aromatic rings. The average molecular weight is 357 g/mol. The molecule has 142 valence electrons. The van der Waals surface area contributed by atoms with Gasteiger partial charge in [0.05, 0.1) is 0 Å². The van der Waals surface area contributed by atoms with Crippen LogP contribution in [0.3, 0.4) is 0 Å². The van der Waals surface area contributed by atoms with Gasteiger partial charge in [-0.05, 0) is 44.2 Å². The molecule has 1 aliphatic rings. The van der Waals surface area contributed by atoms with Crippen molar-refractivity contribution in [3.05, 3.63) is 36.1 Å². The molecule has 3 rings (SSSR count). The Morgan fingerprint density at radius 1 is 1.27 bits per heavy atom. The van der Waals surface area contributed by atoms with E-state index in [1.807, 2.05) is 18.2 Å². The van der Waals surface area contributed by atoms with E-state index in [1.54, 1.807) is 0 Å². The van der Waals surface area contributed by atoms with Gasteiger partial charge in [0, 0.05) is 51.7 Å². The second kappa shape index (κ2) is 9.62. The molecule has 0 amide bonds. The molecule has 0 saturated carbocycles. The molecule has 0 aliphatic carbocycles. The number of aliphatic imine (C=N–C) groups is 1. The van der Waals surface area contributed by atoms with Crippen LogP contribution in [0.2, 0.25) is 0 Å². The van der Waals surface area contributed by atoms with Crippen LogP contribution in [-0.2, 0) is 11.2 Å². The maximum absolute atomic E-state index is 5.88. The normalized spacial score (nSPS) is 16.2. The van der Waals surface area contributed by atoms with Crippen molar-refractivity contribution in [2.24, 2.45) is 10.9 Å². The van der Waals surface area contributed by atoms with E-state index < -0.39 is 0 Å². The summed E-state index contributed by atoms with van der Waals surface area (Å²) in [5.74, 6) is 2.76. The van der Waals surface area contributed by atoms with Crippen molar-refractivity contribution in [2.75, 3.05) is 39.9 Å². The molecule has 5 heteroatoms. The van der Waals surface area contributed by atoms with E-state index in [1.165, 1.54) is 19.3 Å². The minimum atomic E-state index is 0.726. The quantitative estimate of drug-likeness (QED) is 0.606. The van der Waals surface area contributed by atoms with Gasteiger partial charge in [-0.3, -0.25) is 4.99 Å². The summed E-state index contributed by atoms with van der Waals surface area (Å²) in [5.41, 5.74) is 0.951. The smallest absolute Gasteiger partial charge is 0.193 e. The third-order valence-electron chi connectivity index (χ3n) is 5.01. The number of ether oxygens (including phenoxy) is 1. The first-order valence-electron chi connectivity index (χ1n) is 9.81. The van der Waals surface area contributed by atoms with Gasteiger partial charge >= 0.3 is 0 Å². The Morgan fingerprint density at radius 3 is 2.85 bits per heavy atom. The highest BCUT2D eigenvalue weighted by Gasteiger charge is 2.15. The Balaban J connectivity index is 1.51. The number of rotatable bonds is 7. The predicted molar refractivity (Wildman–Crippen MR) is 107 cm³/mol. The summed E-state index contributed by atoms with van der Waals surface area (Å²) in [6, 6.07) is 10.3. The first-order chi connectivity index (χ1) is 12.8. The third-order valence-corrected chi connectivity index (χ3v) is 5.01. The Kier molecular flexibility index (Phi) is 6.95. The number of furan rings is 1. The Labute approximate surface area is 156 Å². The van der Waals surface area contributed by atoms with Gasteiger partial charge in [0.15, 0.2) is 5.96 Å². The van der Waals surface area contributed by atoms with Crippen LogP contribution in [0.5, 0.6) is 0 Å². The number of benzene rings is 1. The predicted octanol–water partition coefficient (Wildman–Crippen LogP) is 3.69. The summed E-state index contributed by atoms with van der Waals surface area (Å²) >= 11 is 0. The summed E-state index contributed by atoms with van der Waals surface area (Å²) in [4.78, 5) is 7.04. The van der Waals surface area contributed by atoms with Gasteiger partial charge in [0.2, 0.25) is 0 Å².